The van der Waals surface area contributed by atoms with Gasteiger partial charge in [-0.1, -0.05) is 176 Å². The molecule has 0 saturated heterocycles. The molecule has 0 N–H and O–H groups in total. The highest BCUT2D eigenvalue weighted by atomic mass is 32.1. The Labute approximate surface area is 401 Å². The minimum absolute atomic E-state index is 1.00. The Morgan fingerprint density at radius 3 is 1.59 bits per heavy atom. The number of aromatic nitrogens is 3. The SMILES string of the molecule is c1ccc(-n2c3ccccc3c3cc(-c4ccc(-c5ccc(-c6ccc(-c7cc8c9cc%10ccccc%10cc9sc8c8nc9cc%10ccccc%10cc9n78)cc6)c6ccccc56)cc4)ccc32)cc1. The quantitative estimate of drug-likeness (QED) is 0.169. The first-order valence-electron chi connectivity index (χ1n) is 23.6. The van der Waals surface area contributed by atoms with Crippen molar-refractivity contribution in [2.24, 2.45) is 0 Å². The van der Waals surface area contributed by atoms with E-state index in [1.807, 2.05) is 11.3 Å². The average molecular weight is 894 g/mol. The monoisotopic (exact) mass is 893 g/mol. The van der Waals surface area contributed by atoms with Gasteiger partial charge in [-0.3, -0.25) is 4.40 Å². The van der Waals surface area contributed by atoms with E-state index in [9.17, 15) is 0 Å². The molecular formula is C65H39N3S. The van der Waals surface area contributed by atoms with Crippen molar-refractivity contribution in [3.05, 3.63) is 237 Å². The number of pyridine rings is 1. The summed E-state index contributed by atoms with van der Waals surface area (Å²) in [6.07, 6.45) is 0. The Morgan fingerprint density at radius 2 is 0.884 bits per heavy atom. The normalized spacial score (nSPS) is 12.1. The molecule has 4 heterocycles. The standard InChI is InChI=1S/C65H39N3S/c1-2-16-49(17-3-1)67-59-21-11-10-20-54(59)55-34-48(30-33-60(55)67)40-22-24-41(25-23-40)50-31-32-51(53-19-9-8-18-52(50)53)42-26-28-43(29-27-42)61-39-57-56-35-44-12-4-7-15-47(44)38-63(56)69-64(57)65-66-58-36-45-13-5-6-14-46(45)37-62(58)68(61)65/h1-39H. The number of rotatable bonds is 5. The molecule has 3 nitrogen and oxygen atoms in total. The lowest BCUT2D eigenvalue weighted by molar-refractivity contribution is 1.18. The summed E-state index contributed by atoms with van der Waals surface area (Å²) in [4.78, 5) is 5.40. The van der Waals surface area contributed by atoms with Crippen LogP contribution < -0.4 is 0 Å². The highest BCUT2D eigenvalue weighted by Crippen LogP contribution is 2.44. The number of benzene rings is 11. The minimum Gasteiger partial charge on any atom is -0.309 e. The Morgan fingerprint density at radius 1 is 0.333 bits per heavy atom. The second-order valence-electron chi connectivity index (χ2n) is 18.3. The van der Waals surface area contributed by atoms with E-state index in [1.165, 1.54) is 113 Å². The van der Waals surface area contributed by atoms with Gasteiger partial charge in [0.25, 0.3) is 0 Å². The first-order valence-corrected chi connectivity index (χ1v) is 24.4. The summed E-state index contributed by atoms with van der Waals surface area (Å²) in [6.45, 7) is 0. The third kappa shape index (κ3) is 5.89. The van der Waals surface area contributed by atoms with Crippen molar-refractivity contribution in [2.75, 3.05) is 0 Å². The molecule has 0 fully saturated rings. The highest BCUT2D eigenvalue weighted by molar-refractivity contribution is 7.26. The number of hydrogen-bond acceptors (Lipinski definition) is 2. The second-order valence-corrected chi connectivity index (χ2v) is 19.4. The number of fused-ring (bicyclic) bond motifs is 13. The average Bonchev–Trinajstić information content (AvgIpc) is 4.08. The molecule has 0 aliphatic heterocycles. The molecule has 0 radical (unpaired) electrons. The number of hydrogen-bond donors (Lipinski definition) is 0. The van der Waals surface area contributed by atoms with Crippen LogP contribution in [0.3, 0.4) is 0 Å². The van der Waals surface area contributed by atoms with Crippen molar-refractivity contribution in [1.82, 2.24) is 14.0 Å². The first kappa shape index (κ1) is 38.3. The van der Waals surface area contributed by atoms with E-state index in [0.29, 0.717) is 0 Å². The summed E-state index contributed by atoms with van der Waals surface area (Å²) in [5.74, 6) is 0. The number of nitrogens with zero attached hydrogens (tertiary/aromatic N) is 3. The van der Waals surface area contributed by atoms with Gasteiger partial charge in [-0.2, -0.15) is 0 Å². The van der Waals surface area contributed by atoms with Gasteiger partial charge in [0, 0.05) is 31.9 Å². The van der Waals surface area contributed by atoms with Crippen LogP contribution in [0.25, 0.3) is 141 Å². The van der Waals surface area contributed by atoms with Gasteiger partial charge in [0.2, 0.25) is 0 Å². The van der Waals surface area contributed by atoms with Crippen molar-refractivity contribution < 1.29 is 0 Å². The number of imidazole rings is 1. The van der Waals surface area contributed by atoms with Crippen molar-refractivity contribution >= 4 is 102 Å². The molecule has 4 heteroatoms. The van der Waals surface area contributed by atoms with Crippen LogP contribution in [0.2, 0.25) is 0 Å². The zero-order chi connectivity index (χ0) is 45.2. The van der Waals surface area contributed by atoms with E-state index in [2.05, 4.69) is 246 Å². The Bertz CT molecular complexity index is 4570. The predicted molar refractivity (Wildman–Crippen MR) is 294 cm³/mol. The Hall–Kier alpha value is -8.83. The third-order valence-corrected chi connectivity index (χ3v) is 15.6. The summed E-state index contributed by atoms with van der Waals surface area (Å²) >= 11 is 1.85. The molecule has 11 aromatic carbocycles. The lowest BCUT2D eigenvalue weighted by Crippen LogP contribution is -1.93. The van der Waals surface area contributed by atoms with E-state index in [-0.39, 0.29) is 0 Å². The van der Waals surface area contributed by atoms with Gasteiger partial charge in [0.15, 0.2) is 5.65 Å². The van der Waals surface area contributed by atoms with Crippen LogP contribution in [0, 0.1) is 0 Å². The molecule has 0 saturated carbocycles. The van der Waals surface area contributed by atoms with Crippen molar-refractivity contribution in [3.8, 4) is 50.3 Å². The molecule has 4 aromatic heterocycles. The maximum Gasteiger partial charge on any atom is 0.156 e. The van der Waals surface area contributed by atoms with Crippen LogP contribution in [-0.4, -0.2) is 14.0 Å². The molecule has 15 rings (SSSR count). The molecule has 69 heavy (non-hydrogen) atoms. The largest absolute Gasteiger partial charge is 0.309 e. The van der Waals surface area contributed by atoms with E-state index in [1.54, 1.807) is 0 Å². The molecule has 0 atom stereocenters. The molecule has 320 valence electrons. The fourth-order valence-corrected chi connectivity index (χ4v) is 12.3. The Kier molecular flexibility index (Phi) is 8.23. The van der Waals surface area contributed by atoms with Gasteiger partial charge in [-0.05, 0) is 132 Å². The van der Waals surface area contributed by atoms with Crippen LogP contribution in [0.5, 0.6) is 0 Å². The molecule has 0 aliphatic rings. The maximum absolute atomic E-state index is 5.40. The maximum atomic E-state index is 5.40. The summed E-state index contributed by atoms with van der Waals surface area (Å²) in [5, 5.41) is 12.4. The van der Waals surface area contributed by atoms with Crippen LogP contribution in [0.15, 0.2) is 237 Å². The zero-order valence-electron chi connectivity index (χ0n) is 37.3. The lowest BCUT2D eigenvalue weighted by atomic mass is 9.91. The molecule has 0 amide bonds. The van der Waals surface area contributed by atoms with Crippen molar-refractivity contribution in [3.63, 3.8) is 0 Å². The smallest absolute Gasteiger partial charge is 0.156 e. The minimum atomic E-state index is 1.00. The summed E-state index contributed by atoms with van der Waals surface area (Å²) < 4.78 is 7.26. The van der Waals surface area contributed by atoms with Gasteiger partial charge < -0.3 is 4.57 Å². The van der Waals surface area contributed by atoms with Gasteiger partial charge in [-0.25, -0.2) is 4.98 Å². The fourth-order valence-electron chi connectivity index (χ4n) is 11.2. The van der Waals surface area contributed by atoms with Gasteiger partial charge >= 0.3 is 0 Å². The molecule has 0 aliphatic carbocycles. The van der Waals surface area contributed by atoms with E-state index in [4.69, 9.17) is 4.98 Å². The van der Waals surface area contributed by atoms with Crippen LogP contribution >= 0.6 is 11.3 Å². The van der Waals surface area contributed by atoms with Gasteiger partial charge in [0.05, 0.1) is 32.5 Å². The third-order valence-electron chi connectivity index (χ3n) is 14.5. The van der Waals surface area contributed by atoms with Crippen LogP contribution in [0.4, 0.5) is 0 Å². The number of thiophene rings is 1. The first-order chi connectivity index (χ1) is 34.2. The molecule has 0 unspecified atom stereocenters. The zero-order valence-corrected chi connectivity index (χ0v) is 38.1. The summed E-state index contributed by atoms with van der Waals surface area (Å²) in [6, 6.07) is 87.0. The lowest BCUT2D eigenvalue weighted by Gasteiger charge is -2.14. The molecule has 0 bridgehead atoms. The predicted octanol–water partition coefficient (Wildman–Crippen LogP) is 18.1. The molecule has 0 spiro atoms. The number of para-hydroxylation sites is 2. The van der Waals surface area contributed by atoms with E-state index < -0.39 is 0 Å². The molecular weight excluding hydrogens is 855 g/mol. The van der Waals surface area contributed by atoms with Crippen LogP contribution in [-0.2, 0) is 0 Å². The van der Waals surface area contributed by atoms with E-state index >= 15 is 0 Å². The second kappa shape index (κ2) is 14.8. The van der Waals surface area contributed by atoms with E-state index in [0.717, 1.165) is 27.9 Å². The highest BCUT2D eigenvalue weighted by Gasteiger charge is 2.20. The molecule has 15 aromatic rings. The summed E-state index contributed by atoms with van der Waals surface area (Å²) in [5.41, 5.74) is 16.3. The summed E-state index contributed by atoms with van der Waals surface area (Å²) in [7, 11) is 0. The van der Waals surface area contributed by atoms with Crippen molar-refractivity contribution in [1.29, 1.82) is 0 Å². The van der Waals surface area contributed by atoms with Gasteiger partial charge in [-0.15, -0.1) is 11.3 Å². The van der Waals surface area contributed by atoms with Gasteiger partial charge in [0.1, 0.15) is 0 Å². The fraction of sp³-hybridized carbons (Fsp3) is 0. The topological polar surface area (TPSA) is 22.2 Å². The van der Waals surface area contributed by atoms with Crippen LogP contribution in [0.1, 0.15) is 0 Å². The van der Waals surface area contributed by atoms with Crippen molar-refractivity contribution in [2.45, 2.75) is 0 Å². The Balaban J connectivity index is 0.816.